The summed E-state index contributed by atoms with van der Waals surface area (Å²) in [6.45, 7) is 5.17. The van der Waals surface area contributed by atoms with Gasteiger partial charge in [0.15, 0.2) is 0 Å². The molecule has 1 aromatic heterocycles. The SMILES string of the molecule is COCC1(CN(Cc2ccco2)C2CC2)CCNCC1. The third-order valence-electron chi connectivity index (χ3n) is 4.66. The molecular weight excluding hydrogens is 252 g/mol. The lowest BCUT2D eigenvalue weighted by Crippen LogP contribution is -2.47. The molecule has 1 aliphatic heterocycles. The van der Waals surface area contributed by atoms with E-state index in [1.54, 1.807) is 6.26 Å². The molecule has 0 aromatic carbocycles. The summed E-state index contributed by atoms with van der Waals surface area (Å²) in [5.74, 6) is 1.08. The van der Waals surface area contributed by atoms with Gasteiger partial charge in [-0.05, 0) is 50.9 Å². The molecule has 1 saturated heterocycles. The van der Waals surface area contributed by atoms with E-state index in [1.807, 2.05) is 13.2 Å². The van der Waals surface area contributed by atoms with E-state index < -0.39 is 0 Å². The Morgan fingerprint density at radius 3 is 2.80 bits per heavy atom. The Morgan fingerprint density at radius 2 is 2.20 bits per heavy atom. The predicted octanol–water partition coefficient (Wildman–Crippen LogP) is 2.26. The summed E-state index contributed by atoms with van der Waals surface area (Å²) < 4.78 is 11.1. The maximum Gasteiger partial charge on any atom is 0.117 e. The van der Waals surface area contributed by atoms with Crippen LogP contribution in [0.3, 0.4) is 0 Å². The first-order chi connectivity index (χ1) is 9.81. The molecular formula is C16H26N2O2. The Balaban J connectivity index is 1.67. The van der Waals surface area contributed by atoms with E-state index in [0.29, 0.717) is 5.41 Å². The molecule has 0 bridgehead atoms. The van der Waals surface area contributed by atoms with E-state index in [4.69, 9.17) is 9.15 Å². The zero-order chi connectivity index (χ0) is 13.8. The monoisotopic (exact) mass is 278 g/mol. The lowest BCUT2D eigenvalue weighted by atomic mass is 9.79. The quantitative estimate of drug-likeness (QED) is 0.830. The molecule has 112 valence electrons. The maximum atomic E-state index is 5.54. The first-order valence-corrected chi connectivity index (χ1v) is 7.77. The van der Waals surface area contributed by atoms with E-state index in [-0.39, 0.29) is 0 Å². The molecule has 0 unspecified atom stereocenters. The molecule has 0 amide bonds. The van der Waals surface area contributed by atoms with Crippen LogP contribution >= 0.6 is 0 Å². The van der Waals surface area contributed by atoms with Gasteiger partial charge in [0, 0.05) is 25.1 Å². The zero-order valence-electron chi connectivity index (χ0n) is 12.4. The van der Waals surface area contributed by atoms with Gasteiger partial charge < -0.3 is 14.5 Å². The second-order valence-corrected chi connectivity index (χ2v) is 6.40. The van der Waals surface area contributed by atoms with E-state index in [0.717, 1.165) is 44.6 Å². The van der Waals surface area contributed by atoms with E-state index in [2.05, 4.69) is 16.3 Å². The van der Waals surface area contributed by atoms with Crippen molar-refractivity contribution in [1.29, 1.82) is 0 Å². The molecule has 4 nitrogen and oxygen atoms in total. The smallest absolute Gasteiger partial charge is 0.117 e. The number of piperidine rings is 1. The molecule has 0 radical (unpaired) electrons. The normalized spacial score (nSPS) is 22.3. The zero-order valence-corrected chi connectivity index (χ0v) is 12.4. The molecule has 4 heteroatoms. The number of methoxy groups -OCH3 is 1. The number of hydrogen-bond acceptors (Lipinski definition) is 4. The largest absolute Gasteiger partial charge is 0.468 e. The van der Waals surface area contributed by atoms with Crippen LogP contribution in [0, 0.1) is 5.41 Å². The summed E-state index contributed by atoms with van der Waals surface area (Å²) in [4.78, 5) is 2.61. The highest BCUT2D eigenvalue weighted by Gasteiger charge is 2.38. The first-order valence-electron chi connectivity index (χ1n) is 7.77. The minimum absolute atomic E-state index is 0.315. The molecule has 20 heavy (non-hydrogen) atoms. The van der Waals surface area contributed by atoms with Crippen molar-refractivity contribution < 1.29 is 9.15 Å². The fraction of sp³-hybridized carbons (Fsp3) is 0.750. The van der Waals surface area contributed by atoms with Crippen LogP contribution in [0.4, 0.5) is 0 Å². The maximum absolute atomic E-state index is 5.54. The van der Waals surface area contributed by atoms with E-state index in [9.17, 15) is 0 Å². The lowest BCUT2D eigenvalue weighted by Gasteiger charge is -2.41. The average molecular weight is 278 g/mol. The third-order valence-corrected chi connectivity index (χ3v) is 4.66. The fourth-order valence-corrected chi connectivity index (χ4v) is 3.40. The molecule has 1 aromatic rings. The van der Waals surface area contributed by atoms with E-state index >= 15 is 0 Å². The molecule has 0 atom stereocenters. The van der Waals surface area contributed by atoms with Gasteiger partial charge >= 0.3 is 0 Å². The van der Waals surface area contributed by atoms with Crippen molar-refractivity contribution in [3.05, 3.63) is 24.2 Å². The number of furan rings is 1. The Labute approximate surface area is 121 Å². The van der Waals surface area contributed by atoms with Crippen molar-refractivity contribution in [3.8, 4) is 0 Å². The van der Waals surface area contributed by atoms with Gasteiger partial charge in [0.05, 0.1) is 19.4 Å². The van der Waals surface area contributed by atoms with Crippen molar-refractivity contribution in [3.63, 3.8) is 0 Å². The van der Waals surface area contributed by atoms with Crippen LogP contribution in [0.2, 0.25) is 0 Å². The summed E-state index contributed by atoms with van der Waals surface area (Å²) in [6, 6.07) is 4.82. The van der Waals surface area contributed by atoms with Crippen molar-refractivity contribution in [1.82, 2.24) is 10.2 Å². The molecule has 1 saturated carbocycles. The van der Waals surface area contributed by atoms with Gasteiger partial charge in [-0.3, -0.25) is 4.90 Å². The van der Waals surface area contributed by atoms with Crippen LogP contribution in [-0.2, 0) is 11.3 Å². The van der Waals surface area contributed by atoms with Crippen LogP contribution in [0.5, 0.6) is 0 Å². The number of rotatable bonds is 7. The molecule has 2 fully saturated rings. The summed E-state index contributed by atoms with van der Waals surface area (Å²) in [5, 5.41) is 3.47. The van der Waals surface area contributed by atoms with Crippen LogP contribution in [-0.4, -0.2) is 44.3 Å². The summed E-state index contributed by atoms with van der Waals surface area (Å²) >= 11 is 0. The topological polar surface area (TPSA) is 37.6 Å². The highest BCUT2D eigenvalue weighted by atomic mass is 16.5. The van der Waals surface area contributed by atoms with Crippen molar-refractivity contribution in [2.24, 2.45) is 5.41 Å². The Hall–Kier alpha value is -0.840. The fourth-order valence-electron chi connectivity index (χ4n) is 3.40. The Kier molecular flexibility index (Phi) is 4.44. The first kappa shape index (κ1) is 14.1. The van der Waals surface area contributed by atoms with Crippen LogP contribution in [0.1, 0.15) is 31.4 Å². The van der Waals surface area contributed by atoms with Gasteiger partial charge in [-0.2, -0.15) is 0 Å². The average Bonchev–Trinajstić information content (AvgIpc) is 3.18. The second-order valence-electron chi connectivity index (χ2n) is 6.40. The standard InChI is InChI=1S/C16H26N2O2/c1-19-13-16(6-8-17-9-7-16)12-18(14-4-5-14)11-15-3-2-10-20-15/h2-3,10,14,17H,4-9,11-13H2,1H3. The lowest BCUT2D eigenvalue weighted by molar-refractivity contribution is 0.0162. The number of hydrogen-bond donors (Lipinski definition) is 1. The molecule has 2 aliphatic rings. The predicted molar refractivity (Wildman–Crippen MR) is 78.6 cm³/mol. The van der Waals surface area contributed by atoms with Gasteiger partial charge in [-0.25, -0.2) is 0 Å². The Morgan fingerprint density at radius 1 is 1.40 bits per heavy atom. The summed E-state index contributed by atoms with van der Waals surface area (Å²) in [5.41, 5.74) is 0.315. The number of nitrogens with one attached hydrogen (secondary N) is 1. The minimum atomic E-state index is 0.315. The van der Waals surface area contributed by atoms with Crippen LogP contribution < -0.4 is 5.32 Å². The van der Waals surface area contributed by atoms with Crippen molar-refractivity contribution in [2.75, 3.05) is 33.4 Å². The van der Waals surface area contributed by atoms with Crippen LogP contribution in [0.15, 0.2) is 22.8 Å². The molecule has 0 spiro atoms. The highest BCUT2D eigenvalue weighted by molar-refractivity contribution is 5.01. The van der Waals surface area contributed by atoms with Crippen molar-refractivity contribution in [2.45, 2.75) is 38.3 Å². The minimum Gasteiger partial charge on any atom is -0.468 e. The van der Waals surface area contributed by atoms with Gasteiger partial charge in [-0.1, -0.05) is 0 Å². The van der Waals surface area contributed by atoms with Gasteiger partial charge in [-0.15, -0.1) is 0 Å². The van der Waals surface area contributed by atoms with Crippen molar-refractivity contribution >= 4 is 0 Å². The third kappa shape index (κ3) is 3.43. The summed E-state index contributed by atoms with van der Waals surface area (Å²) in [7, 11) is 1.83. The number of nitrogens with zero attached hydrogens (tertiary/aromatic N) is 1. The highest BCUT2D eigenvalue weighted by Crippen LogP contribution is 2.36. The van der Waals surface area contributed by atoms with E-state index in [1.165, 1.54) is 25.7 Å². The molecule has 1 aliphatic carbocycles. The second kappa shape index (κ2) is 6.29. The molecule has 3 rings (SSSR count). The molecule has 1 N–H and O–H groups in total. The number of ether oxygens (including phenoxy) is 1. The Bertz CT molecular complexity index is 389. The summed E-state index contributed by atoms with van der Waals surface area (Å²) in [6.07, 6.45) is 6.87. The van der Waals surface area contributed by atoms with Gasteiger partial charge in [0.25, 0.3) is 0 Å². The molecule has 2 heterocycles. The van der Waals surface area contributed by atoms with Gasteiger partial charge in [0.1, 0.15) is 5.76 Å². The van der Waals surface area contributed by atoms with Gasteiger partial charge in [0.2, 0.25) is 0 Å². The van der Waals surface area contributed by atoms with Crippen LogP contribution in [0.25, 0.3) is 0 Å².